The largest absolute Gasteiger partial charge is 0.391 e. The molecular weight excluding hydrogens is 336 g/mol. The number of aliphatic hydroxyl groups is 2. The van der Waals surface area contributed by atoms with Crippen LogP contribution in [0.4, 0.5) is 14.6 Å². The Kier molecular flexibility index (Phi) is 4.24. The van der Waals surface area contributed by atoms with E-state index in [1.165, 1.54) is 17.8 Å². The van der Waals surface area contributed by atoms with Gasteiger partial charge in [0, 0.05) is 0 Å². The number of hydrogen-bond acceptors (Lipinski definition) is 7. The lowest BCUT2D eigenvalue weighted by Gasteiger charge is -2.25. The minimum absolute atomic E-state index is 0.0178. The lowest BCUT2D eigenvalue weighted by Crippen LogP contribution is -2.44. The molecule has 3 rings (SSSR count). The molecule has 3 heterocycles. The average molecular weight is 353 g/mol. The Bertz CT molecular complexity index is 797. The summed E-state index contributed by atoms with van der Waals surface area (Å²) in [7, 11) is 0. The van der Waals surface area contributed by atoms with E-state index in [0.29, 0.717) is 11.4 Å². The summed E-state index contributed by atoms with van der Waals surface area (Å²) >= 11 is 0. The number of fused-ring (bicyclic) bond motifs is 1. The van der Waals surface area contributed by atoms with Crippen LogP contribution in [0.15, 0.2) is 17.9 Å². The number of aromatic nitrogens is 2. The van der Waals surface area contributed by atoms with Crippen molar-refractivity contribution in [3.63, 3.8) is 0 Å². The molecule has 134 valence electrons. The molecule has 2 unspecified atom stereocenters. The Morgan fingerprint density at radius 3 is 3.00 bits per heavy atom. The number of nitrogens with zero attached hydrogens (tertiary/aromatic N) is 3. The predicted octanol–water partition coefficient (Wildman–Crippen LogP) is -0.276. The summed E-state index contributed by atoms with van der Waals surface area (Å²) in [6.45, 7) is 3.98. The van der Waals surface area contributed by atoms with Crippen molar-refractivity contribution < 1.29 is 23.7 Å². The first kappa shape index (κ1) is 17.3. The van der Waals surface area contributed by atoms with Crippen LogP contribution in [0.2, 0.25) is 0 Å². The smallest absolute Gasteiger partial charge is 0.243 e. The fourth-order valence-corrected chi connectivity index (χ4v) is 2.86. The molecule has 8 nitrogen and oxygen atoms in total. The molecule has 0 spiro atoms. The van der Waals surface area contributed by atoms with Crippen LogP contribution in [0, 0.1) is 11.8 Å². The molecule has 2 aliphatic heterocycles. The van der Waals surface area contributed by atoms with Gasteiger partial charge >= 0.3 is 0 Å². The maximum Gasteiger partial charge on any atom is 0.243 e. The maximum absolute atomic E-state index is 15.5. The number of ether oxygens (including phenoxy) is 1. The summed E-state index contributed by atoms with van der Waals surface area (Å²) in [6.07, 6.45) is -4.55. The van der Waals surface area contributed by atoms with Gasteiger partial charge in [-0.3, -0.25) is 4.57 Å². The van der Waals surface area contributed by atoms with Gasteiger partial charge in [0.2, 0.25) is 5.67 Å². The standard InChI is InChI=1S/C15H17F2N5O3/c1-7-9-12(21-14(18)20-7)22(6-19-9)13-15(17,4-3-5-16)11(24)10(25-13)8(2)23/h6,8,10-11,13,23-24H,1,5H2,2H3,(H3,18,20,21)/t8-,10?,11?,13+,15+/m0/s1. The second-order valence-corrected chi connectivity index (χ2v) is 5.77. The molecule has 0 amide bonds. The lowest BCUT2D eigenvalue weighted by molar-refractivity contribution is -0.0782. The highest BCUT2D eigenvalue weighted by atomic mass is 19.1. The van der Waals surface area contributed by atoms with Gasteiger partial charge in [-0.2, -0.15) is 4.99 Å². The predicted molar refractivity (Wildman–Crippen MR) is 84.9 cm³/mol. The number of aliphatic imine (C=N–C) groups is 1. The second kappa shape index (κ2) is 6.11. The normalized spacial score (nSPS) is 32.3. The van der Waals surface area contributed by atoms with E-state index in [4.69, 9.17) is 10.5 Å². The quantitative estimate of drug-likeness (QED) is 0.544. The van der Waals surface area contributed by atoms with E-state index in [1.54, 1.807) is 0 Å². The van der Waals surface area contributed by atoms with E-state index in [-0.39, 0.29) is 11.8 Å². The molecule has 2 aliphatic rings. The minimum Gasteiger partial charge on any atom is -0.391 e. The molecule has 1 fully saturated rings. The first-order chi connectivity index (χ1) is 11.8. The molecule has 5 atom stereocenters. The first-order valence-corrected chi connectivity index (χ1v) is 7.43. The van der Waals surface area contributed by atoms with Crippen LogP contribution >= 0.6 is 0 Å². The molecule has 0 aromatic carbocycles. The Labute approximate surface area is 142 Å². The van der Waals surface area contributed by atoms with E-state index in [2.05, 4.69) is 27.8 Å². The number of nitrogens with one attached hydrogen (secondary N) is 1. The van der Waals surface area contributed by atoms with Gasteiger partial charge in [0.25, 0.3) is 0 Å². The van der Waals surface area contributed by atoms with Crippen molar-refractivity contribution in [1.29, 1.82) is 0 Å². The fourth-order valence-electron chi connectivity index (χ4n) is 2.86. The van der Waals surface area contributed by atoms with Gasteiger partial charge in [0.15, 0.2) is 18.0 Å². The maximum atomic E-state index is 15.5. The number of imidazole rings is 1. The van der Waals surface area contributed by atoms with Crippen LogP contribution in [-0.2, 0) is 4.74 Å². The zero-order valence-electron chi connectivity index (χ0n) is 13.3. The number of aliphatic hydroxyl groups excluding tert-OH is 2. The molecule has 5 N–H and O–H groups in total. The van der Waals surface area contributed by atoms with Crippen LogP contribution in [-0.4, -0.2) is 56.4 Å². The average Bonchev–Trinajstić information content (AvgIpc) is 3.06. The van der Waals surface area contributed by atoms with E-state index in [1.807, 2.05) is 5.92 Å². The van der Waals surface area contributed by atoms with Crippen LogP contribution in [0.1, 0.15) is 18.8 Å². The molecule has 0 bridgehead atoms. The number of halogens is 2. The molecular formula is C15H17F2N5O3. The first-order valence-electron chi connectivity index (χ1n) is 7.43. The number of guanidine groups is 1. The van der Waals surface area contributed by atoms with Crippen molar-refractivity contribution in [2.45, 2.75) is 37.1 Å². The summed E-state index contributed by atoms with van der Waals surface area (Å²) in [5, 5.41) is 22.7. The number of rotatable bonds is 2. The van der Waals surface area contributed by atoms with Gasteiger partial charge in [-0.25, -0.2) is 13.8 Å². The van der Waals surface area contributed by atoms with Crippen molar-refractivity contribution in [3.8, 4) is 11.8 Å². The van der Waals surface area contributed by atoms with Crippen molar-refractivity contribution in [2.24, 2.45) is 10.7 Å². The number of alkyl halides is 2. The van der Waals surface area contributed by atoms with Crippen LogP contribution < -0.4 is 11.1 Å². The molecule has 0 aliphatic carbocycles. The Morgan fingerprint density at radius 2 is 2.36 bits per heavy atom. The third kappa shape index (κ3) is 2.66. The number of nitrogens with two attached hydrogens (primary N) is 1. The Morgan fingerprint density at radius 1 is 1.64 bits per heavy atom. The molecule has 1 aromatic rings. The highest BCUT2D eigenvalue weighted by Crippen LogP contribution is 2.45. The van der Waals surface area contributed by atoms with Crippen LogP contribution in [0.25, 0.3) is 5.70 Å². The molecule has 1 aromatic heterocycles. The summed E-state index contributed by atoms with van der Waals surface area (Å²) in [5.41, 5.74) is 3.64. The summed E-state index contributed by atoms with van der Waals surface area (Å²) in [5.74, 6) is 4.20. The third-order valence-corrected chi connectivity index (χ3v) is 4.02. The molecule has 10 heteroatoms. The van der Waals surface area contributed by atoms with Gasteiger partial charge < -0.3 is 26.0 Å². The molecule has 1 saturated heterocycles. The molecule has 25 heavy (non-hydrogen) atoms. The molecule has 0 radical (unpaired) electrons. The van der Waals surface area contributed by atoms with Gasteiger partial charge in [-0.1, -0.05) is 18.4 Å². The highest BCUT2D eigenvalue weighted by molar-refractivity contribution is 5.93. The third-order valence-electron chi connectivity index (χ3n) is 4.02. The zero-order valence-corrected chi connectivity index (χ0v) is 13.3. The summed E-state index contributed by atoms with van der Waals surface area (Å²) in [4.78, 5) is 8.13. The summed E-state index contributed by atoms with van der Waals surface area (Å²) in [6, 6.07) is 0. The fraction of sp³-hybridized carbons (Fsp3) is 0.467. The Balaban J connectivity index is 2.11. The zero-order chi connectivity index (χ0) is 18.4. The van der Waals surface area contributed by atoms with Crippen molar-refractivity contribution in [3.05, 3.63) is 18.6 Å². The van der Waals surface area contributed by atoms with Crippen molar-refractivity contribution in [2.75, 3.05) is 6.67 Å². The van der Waals surface area contributed by atoms with E-state index in [0.717, 1.165) is 0 Å². The van der Waals surface area contributed by atoms with Crippen LogP contribution in [0.3, 0.4) is 0 Å². The lowest BCUT2D eigenvalue weighted by atomic mass is 9.94. The Hall–Kier alpha value is -2.48. The van der Waals surface area contributed by atoms with E-state index in [9.17, 15) is 14.6 Å². The van der Waals surface area contributed by atoms with Crippen molar-refractivity contribution >= 4 is 17.5 Å². The SMILES string of the molecule is C=C1NC(N)=Nc2c1ncn2[C@@H]1OC([C@H](C)O)C(O)[C@]1(F)C#CCF. The van der Waals surface area contributed by atoms with Crippen LogP contribution in [0.5, 0.6) is 0 Å². The van der Waals surface area contributed by atoms with Gasteiger partial charge in [0.05, 0.1) is 18.1 Å². The van der Waals surface area contributed by atoms with E-state index < -0.39 is 36.9 Å². The van der Waals surface area contributed by atoms with Crippen molar-refractivity contribution in [1.82, 2.24) is 14.9 Å². The van der Waals surface area contributed by atoms with Gasteiger partial charge in [-0.05, 0) is 6.92 Å². The van der Waals surface area contributed by atoms with Gasteiger partial charge in [-0.15, -0.1) is 0 Å². The van der Waals surface area contributed by atoms with E-state index >= 15 is 4.39 Å². The summed E-state index contributed by atoms with van der Waals surface area (Å²) < 4.78 is 34.6. The molecule has 0 saturated carbocycles. The second-order valence-electron chi connectivity index (χ2n) is 5.77. The highest BCUT2D eigenvalue weighted by Gasteiger charge is 2.59. The minimum atomic E-state index is -2.68. The monoisotopic (exact) mass is 353 g/mol. The van der Waals surface area contributed by atoms with Gasteiger partial charge in [0.1, 0.15) is 24.6 Å². The number of hydrogen-bond donors (Lipinski definition) is 4. The topological polar surface area (TPSA) is 118 Å².